The van der Waals surface area contributed by atoms with Crippen molar-refractivity contribution in [1.29, 1.82) is 0 Å². The quantitative estimate of drug-likeness (QED) is 0.176. The van der Waals surface area contributed by atoms with Gasteiger partial charge in [0, 0.05) is 12.6 Å². The molecule has 7 heterocycles. The summed E-state index contributed by atoms with van der Waals surface area (Å²) in [6.45, 7) is -1.24. The Kier molecular flexibility index (Phi) is 6.99. The average molecular weight is 642 g/mol. The minimum absolute atomic E-state index is 0.0169. The molecule has 4 aromatic rings. The number of nitrogens with zero attached hydrogens (tertiary/aromatic N) is 6. The molecule has 9 atom stereocenters. The highest BCUT2D eigenvalue weighted by Crippen LogP contribution is 2.53. The molecule has 2 bridgehead atoms. The first-order valence-electron chi connectivity index (χ1n) is 12.8. The Hall–Kier alpha value is -3.13. The summed E-state index contributed by atoms with van der Waals surface area (Å²) in [5.74, 6) is 0. The van der Waals surface area contributed by atoms with E-state index < -0.39 is 77.4 Å². The van der Waals surface area contributed by atoms with E-state index >= 15 is 0 Å². The summed E-state index contributed by atoms with van der Waals surface area (Å²) < 4.78 is 61.8. The number of pyridine rings is 1. The van der Waals surface area contributed by atoms with E-state index in [0.29, 0.717) is 11.2 Å². The van der Waals surface area contributed by atoms with Crippen molar-refractivity contribution in [3.8, 4) is 0 Å². The number of imidazole rings is 2. The SMILES string of the molecule is Nc1ccnc2c1ncn2[C@@H]1O[C@@H]2COP(=O)(O)O[C@@H]3C[C@@H](COP(=O)(O)O[C@H]2[C@H]1O)O[C@H]3n1cnc2c(=O)[nH]cnc21. The third-order valence-corrected chi connectivity index (χ3v) is 9.21. The second-order valence-corrected chi connectivity index (χ2v) is 12.8. The van der Waals surface area contributed by atoms with Gasteiger partial charge in [-0.1, -0.05) is 0 Å². The van der Waals surface area contributed by atoms with Gasteiger partial charge in [-0.2, -0.15) is 0 Å². The molecule has 3 saturated heterocycles. The first-order chi connectivity index (χ1) is 20.5. The smallest absolute Gasteiger partial charge is 0.397 e. The monoisotopic (exact) mass is 642 g/mol. The number of nitrogens with one attached hydrogen (secondary N) is 1. The molecule has 0 aliphatic carbocycles. The third-order valence-electron chi connectivity index (χ3n) is 7.21. The highest BCUT2D eigenvalue weighted by Gasteiger charge is 2.51. The molecule has 7 rings (SSSR count). The maximum Gasteiger partial charge on any atom is 0.472 e. The fraction of sp³-hybridized carbons (Fsp3) is 0.476. The number of hydrogen-bond acceptors (Lipinski definition) is 15. The molecule has 0 aromatic carbocycles. The summed E-state index contributed by atoms with van der Waals surface area (Å²) in [5.41, 5.74) is 6.37. The number of fused-ring (bicyclic) bond motifs is 5. The van der Waals surface area contributed by atoms with Gasteiger partial charge < -0.3 is 35.1 Å². The number of nitrogen functional groups attached to an aromatic ring is 1. The maximum absolute atomic E-state index is 13.1. The predicted molar refractivity (Wildman–Crippen MR) is 140 cm³/mol. The minimum atomic E-state index is -4.89. The Labute approximate surface area is 239 Å². The zero-order chi connectivity index (χ0) is 30.1. The molecule has 3 fully saturated rings. The van der Waals surface area contributed by atoms with Gasteiger partial charge in [-0.25, -0.2) is 29.1 Å². The minimum Gasteiger partial charge on any atom is -0.397 e. The van der Waals surface area contributed by atoms with E-state index in [2.05, 4.69) is 24.9 Å². The lowest BCUT2D eigenvalue weighted by Gasteiger charge is -2.25. The number of anilines is 1. The van der Waals surface area contributed by atoms with Crippen molar-refractivity contribution in [1.82, 2.24) is 34.1 Å². The van der Waals surface area contributed by atoms with Gasteiger partial charge in [0.15, 0.2) is 29.3 Å². The predicted octanol–water partition coefficient (Wildman–Crippen LogP) is -0.290. The van der Waals surface area contributed by atoms with Gasteiger partial charge in [-0.05, 0) is 6.07 Å². The Morgan fingerprint density at radius 3 is 2.42 bits per heavy atom. The van der Waals surface area contributed by atoms with Gasteiger partial charge >= 0.3 is 15.6 Å². The van der Waals surface area contributed by atoms with E-state index in [4.69, 9.17) is 33.3 Å². The van der Waals surface area contributed by atoms with Crippen LogP contribution in [0.15, 0.2) is 36.0 Å². The molecule has 0 saturated carbocycles. The van der Waals surface area contributed by atoms with Crippen LogP contribution in [0.2, 0.25) is 0 Å². The molecular weight excluding hydrogens is 618 g/mol. The molecule has 230 valence electrons. The standard InChI is InChI=1S/C21H24N8O12P2/c22-10-1-2-23-17-13(10)26-7-29(17)21-15(30)16-12(39-21)5-37-42(32,33)40-11-3-9(4-36-43(34,35)41-16)38-20(11)28-8-27-14-18(28)24-6-25-19(14)31/h1-2,6-9,11-12,15-16,20-21,30H,3-5H2,(H2,22,23)(H,32,33)(H,34,35)(H,24,25,31)/t9-,11+,12+,15+,16+,20+,21+/m0/s1. The van der Waals surface area contributed by atoms with Gasteiger partial charge in [0.2, 0.25) is 0 Å². The molecule has 0 amide bonds. The van der Waals surface area contributed by atoms with E-state index in [9.17, 15) is 28.8 Å². The number of aliphatic hydroxyl groups excluding tert-OH is 1. The van der Waals surface area contributed by atoms with Gasteiger partial charge in [0.1, 0.15) is 29.9 Å². The molecule has 22 heteroatoms. The first-order valence-corrected chi connectivity index (χ1v) is 15.8. The van der Waals surface area contributed by atoms with Crippen molar-refractivity contribution >= 4 is 43.7 Å². The Balaban J connectivity index is 1.18. The molecule has 0 radical (unpaired) electrons. The molecule has 4 aromatic heterocycles. The summed E-state index contributed by atoms with van der Waals surface area (Å²) in [6.07, 6.45) is -4.13. The van der Waals surface area contributed by atoms with Gasteiger partial charge in [-0.15, -0.1) is 0 Å². The average Bonchev–Trinajstić information content (AvgIpc) is 3.72. The fourth-order valence-corrected chi connectivity index (χ4v) is 7.21. The molecule has 3 aliphatic heterocycles. The van der Waals surface area contributed by atoms with Crippen molar-refractivity contribution in [2.45, 2.75) is 49.4 Å². The normalized spacial score (nSPS) is 37.1. The number of aromatic nitrogens is 7. The molecule has 2 unspecified atom stereocenters. The lowest BCUT2D eigenvalue weighted by atomic mass is 10.1. The number of phosphoric ester groups is 2. The number of aromatic amines is 1. The lowest BCUT2D eigenvalue weighted by Crippen LogP contribution is -2.36. The van der Waals surface area contributed by atoms with Crippen molar-refractivity contribution in [3.63, 3.8) is 0 Å². The second kappa shape index (κ2) is 10.5. The van der Waals surface area contributed by atoms with Crippen LogP contribution < -0.4 is 11.3 Å². The third kappa shape index (κ3) is 5.19. The largest absolute Gasteiger partial charge is 0.472 e. The summed E-state index contributed by atoms with van der Waals surface area (Å²) in [7, 11) is -9.77. The van der Waals surface area contributed by atoms with Crippen molar-refractivity contribution in [2.24, 2.45) is 0 Å². The van der Waals surface area contributed by atoms with Gasteiger partial charge in [-0.3, -0.25) is 32.0 Å². The van der Waals surface area contributed by atoms with Gasteiger partial charge in [0.25, 0.3) is 5.56 Å². The molecule has 43 heavy (non-hydrogen) atoms. The molecule has 20 nitrogen and oxygen atoms in total. The van der Waals surface area contributed by atoms with Crippen LogP contribution in [0.25, 0.3) is 22.3 Å². The summed E-state index contributed by atoms with van der Waals surface area (Å²) >= 11 is 0. The van der Waals surface area contributed by atoms with E-state index in [0.717, 1.165) is 6.33 Å². The molecule has 0 spiro atoms. The van der Waals surface area contributed by atoms with E-state index in [1.807, 2.05) is 0 Å². The Morgan fingerprint density at radius 1 is 0.907 bits per heavy atom. The van der Waals surface area contributed by atoms with Crippen LogP contribution in [0.5, 0.6) is 0 Å². The highest BCUT2D eigenvalue weighted by molar-refractivity contribution is 7.47. The number of nitrogens with two attached hydrogens (primary N) is 1. The van der Waals surface area contributed by atoms with Crippen molar-refractivity contribution < 1.29 is 51.6 Å². The molecular formula is C21H24N8O12P2. The van der Waals surface area contributed by atoms with Crippen LogP contribution in [-0.2, 0) is 36.7 Å². The number of aliphatic hydroxyl groups is 1. The topological polar surface area (TPSA) is 271 Å². The van der Waals surface area contributed by atoms with Crippen LogP contribution in [0, 0.1) is 0 Å². The van der Waals surface area contributed by atoms with Crippen LogP contribution in [0.3, 0.4) is 0 Å². The number of H-pyrrole nitrogens is 1. The highest BCUT2D eigenvalue weighted by atomic mass is 31.2. The van der Waals surface area contributed by atoms with Crippen LogP contribution in [0.4, 0.5) is 5.69 Å². The van der Waals surface area contributed by atoms with Gasteiger partial charge in [0.05, 0.1) is 44.0 Å². The summed E-state index contributed by atoms with van der Waals surface area (Å²) in [5, 5.41) is 11.1. The zero-order valence-corrected chi connectivity index (χ0v) is 23.5. The van der Waals surface area contributed by atoms with Crippen LogP contribution in [-0.4, -0.2) is 92.7 Å². The molecule has 3 aliphatic rings. The van der Waals surface area contributed by atoms with Crippen molar-refractivity contribution in [3.05, 3.63) is 41.6 Å². The number of ether oxygens (including phenoxy) is 2. The van der Waals surface area contributed by atoms with Crippen LogP contribution in [0.1, 0.15) is 18.9 Å². The number of rotatable bonds is 2. The number of hydrogen-bond donors (Lipinski definition) is 5. The molecule has 6 N–H and O–H groups in total. The number of phosphoric acid groups is 2. The first kappa shape index (κ1) is 28.6. The second-order valence-electron chi connectivity index (χ2n) is 9.96. The van der Waals surface area contributed by atoms with E-state index in [1.54, 1.807) is 0 Å². The zero-order valence-electron chi connectivity index (χ0n) is 21.7. The van der Waals surface area contributed by atoms with Crippen molar-refractivity contribution in [2.75, 3.05) is 18.9 Å². The van der Waals surface area contributed by atoms with E-state index in [1.165, 1.54) is 34.1 Å². The summed E-state index contributed by atoms with van der Waals surface area (Å²) in [4.78, 5) is 52.3. The van der Waals surface area contributed by atoms with Crippen LogP contribution >= 0.6 is 15.6 Å². The Morgan fingerprint density at radius 2 is 1.60 bits per heavy atom. The maximum atomic E-state index is 13.1. The fourth-order valence-electron chi connectivity index (χ4n) is 5.30. The Bertz CT molecular complexity index is 1850. The van der Waals surface area contributed by atoms with E-state index in [-0.39, 0.29) is 23.2 Å². The lowest BCUT2D eigenvalue weighted by molar-refractivity contribution is -0.0670. The summed E-state index contributed by atoms with van der Waals surface area (Å²) in [6, 6.07) is 1.53.